The smallest absolute Gasteiger partial charge is 0.155 e. The fourth-order valence-corrected chi connectivity index (χ4v) is 2.60. The van der Waals surface area contributed by atoms with E-state index in [1.807, 2.05) is 36.0 Å². The summed E-state index contributed by atoms with van der Waals surface area (Å²) in [6.07, 6.45) is 4.69. The molecule has 1 aromatic rings. The Hall–Kier alpha value is -1.02. The van der Waals surface area contributed by atoms with Gasteiger partial charge in [-0.1, -0.05) is 23.8 Å². The van der Waals surface area contributed by atoms with Crippen LogP contribution in [0.15, 0.2) is 46.9 Å². The van der Waals surface area contributed by atoms with Crippen LogP contribution in [-0.4, -0.2) is 11.5 Å². The molecule has 0 amide bonds. The van der Waals surface area contributed by atoms with Gasteiger partial charge in [-0.05, 0) is 31.1 Å². The molecule has 0 spiro atoms. The monoisotopic (exact) mass is 218 g/mol. The summed E-state index contributed by atoms with van der Waals surface area (Å²) in [7, 11) is 0. The van der Waals surface area contributed by atoms with Gasteiger partial charge in [0.15, 0.2) is 5.78 Å². The number of benzene rings is 1. The Morgan fingerprint density at radius 1 is 1.13 bits per heavy atom. The fraction of sp³-hybridized carbons (Fsp3) is 0.308. The highest BCUT2D eigenvalue weighted by atomic mass is 32.2. The maximum atomic E-state index is 11.2. The van der Waals surface area contributed by atoms with Crippen LogP contribution < -0.4 is 0 Å². The van der Waals surface area contributed by atoms with Crippen LogP contribution in [0, 0.1) is 0 Å². The second-order valence-corrected chi connectivity index (χ2v) is 4.77. The van der Waals surface area contributed by atoms with Crippen molar-refractivity contribution in [3.8, 4) is 0 Å². The third-order valence-corrected chi connectivity index (χ3v) is 3.57. The van der Waals surface area contributed by atoms with Crippen molar-refractivity contribution < 1.29 is 4.79 Å². The number of rotatable bonds is 3. The van der Waals surface area contributed by atoms with Crippen molar-refractivity contribution in [1.82, 2.24) is 0 Å². The van der Waals surface area contributed by atoms with E-state index < -0.39 is 0 Å². The molecule has 1 nitrogen and oxygen atoms in total. The summed E-state index contributed by atoms with van der Waals surface area (Å²) >= 11 is 1.81. The maximum absolute atomic E-state index is 11.2. The molecule has 2 rings (SSSR count). The highest BCUT2D eigenvalue weighted by molar-refractivity contribution is 7.99. The van der Waals surface area contributed by atoms with Crippen LogP contribution in [0.5, 0.6) is 0 Å². The molecular formula is C13H14OS. The lowest BCUT2D eigenvalue weighted by atomic mass is 10.0. The van der Waals surface area contributed by atoms with Crippen molar-refractivity contribution in [2.75, 3.05) is 5.75 Å². The molecule has 2 heteroatoms. The first-order chi connectivity index (χ1) is 7.34. The summed E-state index contributed by atoms with van der Waals surface area (Å²) in [6, 6.07) is 10.3. The Morgan fingerprint density at radius 2 is 1.93 bits per heavy atom. The molecule has 0 saturated heterocycles. The highest BCUT2D eigenvalue weighted by Gasteiger charge is 2.09. The Labute approximate surface area is 94.6 Å². The third-order valence-electron chi connectivity index (χ3n) is 2.45. The van der Waals surface area contributed by atoms with E-state index in [1.165, 1.54) is 10.5 Å². The lowest BCUT2D eigenvalue weighted by Gasteiger charge is -2.11. The molecule has 0 fully saturated rings. The number of hydrogen-bond acceptors (Lipinski definition) is 2. The zero-order chi connectivity index (χ0) is 10.5. The van der Waals surface area contributed by atoms with Crippen molar-refractivity contribution in [2.45, 2.75) is 24.2 Å². The van der Waals surface area contributed by atoms with E-state index in [4.69, 9.17) is 0 Å². The van der Waals surface area contributed by atoms with Crippen LogP contribution in [0.4, 0.5) is 0 Å². The van der Waals surface area contributed by atoms with Crippen molar-refractivity contribution in [1.29, 1.82) is 0 Å². The number of thioether (sulfide) groups is 1. The minimum atomic E-state index is 0.296. The number of carbonyl (C=O) groups excluding carboxylic acids is 1. The van der Waals surface area contributed by atoms with E-state index in [9.17, 15) is 4.79 Å². The lowest BCUT2D eigenvalue weighted by Crippen LogP contribution is -2.03. The van der Waals surface area contributed by atoms with Crippen molar-refractivity contribution in [3.63, 3.8) is 0 Å². The molecule has 0 bridgehead atoms. The molecule has 0 atom stereocenters. The minimum absolute atomic E-state index is 0.296. The normalized spacial score (nSPS) is 16.3. The number of carbonyl (C=O) groups is 1. The van der Waals surface area contributed by atoms with Crippen LogP contribution in [0.25, 0.3) is 0 Å². The summed E-state index contributed by atoms with van der Waals surface area (Å²) in [5, 5.41) is 0. The fourth-order valence-electron chi connectivity index (χ4n) is 1.67. The van der Waals surface area contributed by atoms with Gasteiger partial charge in [0.25, 0.3) is 0 Å². The van der Waals surface area contributed by atoms with Crippen molar-refractivity contribution in [3.05, 3.63) is 42.0 Å². The Morgan fingerprint density at radius 3 is 2.67 bits per heavy atom. The second kappa shape index (κ2) is 5.17. The molecule has 1 aliphatic carbocycles. The van der Waals surface area contributed by atoms with Gasteiger partial charge in [0, 0.05) is 17.1 Å². The van der Waals surface area contributed by atoms with Crippen molar-refractivity contribution in [2.24, 2.45) is 0 Å². The molecule has 0 unspecified atom stereocenters. The van der Waals surface area contributed by atoms with E-state index in [1.54, 1.807) is 0 Å². The number of allylic oxidation sites excluding steroid dienone is 1. The molecule has 15 heavy (non-hydrogen) atoms. The summed E-state index contributed by atoms with van der Waals surface area (Å²) in [5.74, 6) is 1.25. The van der Waals surface area contributed by atoms with Crippen LogP contribution in [0.3, 0.4) is 0 Å². The predicted molar refractivity (Wildman–Crippen MR) is 64.1 cm³/mol. The second-order valence-electron chi connectivity index (χ2n) is 3.72. The average Bonchev–Trinajstić information content (AvgIpc) is 2.28. The van der Waals surface area contributed by atoms with Gasteiger partial charge >= 0.3 is 0 Å². The summed E-state index contributed by atoms with van der Waals surface area (Å²) in [4.78, 5) is 12.5. The molecule has 0 aliphatic heterocycles. The van der Waals surface area contributed by atoms with E-state index >= 15 is 0 Å². The summed E-state index contributed by atoms with van der Waals surface area (Å²) in [6.45, 7) is 0. The van der Waals surface area contributed by atoms with Gasteiger partial charge in [0.05, 0.1) is 0 Å². The first-order valence-corrected chi connectivity index (χ1v) is 6.23. The largest absolute Gasteiger partial charge is 0.295 e. The standard InChI is InChI=1S/C13H14OS/c14-12-6-4-5-11(9-12)10-15-13-7-2-1-3-8-13/h1-3,7-9H,4-6,10H2. The van der Waals surface area contributed by atoms with Crippen LogP contribution >= 0.6 is 11.8 Å². The third kappa shape index (κ3) is 3.24. The zero-order valence-corrected chi connectivity index (χ0v) is 9.43. The van der Waals surface area contributed by atoms with Gasteiger partial charge < -0.3 is 0 Å². The Kier molecular flexibility index (Phi) is 3.62. The van der Waals surface area contributed by atoms with Crippen LogP contribution in [-0.2, 0) is 4.79 Å². The highest BCUT2D eigenvalue weighted by Crippen LogP contribution is 2.24. The quantitative estimate of drug-likeness (QED) is 0.723. The van der Waals surface area contributed by atoms with Crippen LogP contribution in [0.1, 0.15) is 19.3 Å². The molecule has 1 aliphatic rings. The molecule has 78 valence electrons. The predicted octanol–water partition coefficient (Wildman–Crippen LogP) is 3.46. The molecule has 0 radical (unpaired) electrons. The maximum Gasteiger partial charge on any atom is 0.155 e. The molecule has 1 aromatic carbocycles. The average molecular weight is 218 g/mol. The summed E-state index contributed by atoms with van der Waals surface area (Å²) < 4.78 is 0. The van der Waals surface area contributed by atoms with E-state index in [0.717, 1.165) is 25.0 Å². The molecular weight excluding hydrogens is 204 g/mol. The topological polar surface area (TPSA) is 17.1 Å². The minimum Gasteiger partial charge on any atom is -0.295 e. The molecule has 0 aromatic heterocycles. The van der Waals surface area contributed by atoms with Gasteiger partial charge in [0.2, 0.25) is 0 Å². The lowest BCUT2D eigenvalue weighted by molar-refractivity contribution is -0.115. The first kappa shape index (κ1) is 10.5. The molecule has 0 saturated carbocycles. The van der Waals surface area contributed by atoms with Gasteiger partial charge in [-0.15, -0.1) is 11.8 Å². The van der Waals surface area contributed by atoms with E-state index in [2.05, 4.69) is 12.1 Å². The Balaban J connectivity index is 1.91. The molecule has 0 N–H and O–H groups in total. The first-order valence-electron chi connectivity index (χ1n) is 5.25. The van der Waals surface area contributed by atoms with Crippen LogP contribution in [0.2, 0.25) is 0 Å². The number of ketones is 1. The van der Waals surface area contributed by atoms with Gasteiger partial charge in [0.1, 0.15) is 0 Å². The van der Waals surface area contributed by atoms with Gasteiger partial charge in [-0.2, -0.15) is 0 Å². The van der Waals surface area contributed by atoms with Gasteiger partial charge in [-0.25, -0.2) is 0 Å². The summed E-state index contributed by atoms with van der Waals surface area (Å²) in [5.41, 5.74) is 1.29. The SMILES string of the molecule is O=C1C=C(CSc2ccccc2)CCC1. The van der Waals surface area contributed by atoms with Crippen molar-refractivity contribution >= 4 is 17.5 Å². The van der Waals surface area contributed by atoms with Gasteiger partial charge in [-0.3, -0.25) is 4.79 Å². The Bertz CT molecular complexity index is 367. The number of hydrogen-bond donors (Lipinski definition) is 0. The zero-order valence-electron chi connectivity index (χ0n) is 8.61. The molecule has 0 heterocycles. The van der Waals surface area contributed by atoms with E-state index in [-0.39, 0.29) is 0 Å². The van der Waals surface area contributed by atoms with E-state index in [0.29, 0.717) is 5.78 Å².